The molecule has 3 fully saturated rings. The number of nitrogens with zero attached hydrogens (tertiary/aromatic N) is 9. The van der Waals surface area contributed by atoms with Gasteiger partial charge in [0.05, 0.1) is 40.9 Å². The lowest BCUT2D eigenvalue weighted by Crippen LogP contribution is -2.31. The summed E-state index contributed by atoms with van der Waals surface area (Å²) in [7, 11) is 0. The lowest BCUT2D eigenvalue weighted by atomic mass is 9.86. The summed E-state index contributed by atoms with van der Waals surface area (Å²) in [5.41, 5.74) is 0.267. The average Bonchev–Trinajstić information content (AvgIpc) is 4.12. The van der Waals surface area contributed by atoms with Crippen molar-refractivity contribution in [1.29, 1.82) is 31.6 Å². The molecule has 0 spiro atoms. The minimum Gasteiger partial charge on any atom is -0.461 e. The number of ether oxygens (including phenoxy) is 3. The fraction of sp³-hybridized carbons (Fsp3) is 0.543. The Morgan fingerprint density at radius 2 is 0.719 bits per heavy atom. The highest BCUT2D eigenvalue weighted by Crippen LogP contribution is 2.38. The SMILES string of the molecule is N#CC1=C(N2CCCC2)CC(O)C/C1=C(/C#N)C(=O)OCC(COC(=O)/C(C#N)=C1\CC(O)CC(N2CCCC2)=C1C#N)COC(=O)/C(C#N)=C1\CC(O)CC(N2CCCC2)=C1C#N. The summed E-state index contributed by atoms with van der Waals surface area (Å²) < 4.78 is 16.6. The third-order valence-corrected chi connectivity index (χ3v) is 12.4. The molecule has 18 heteroatoms. The molecule has 64 heavy (non-hydrogen) atoms. The zero-order valence-electron chi connectivity index (χ0n) is 35.5. The first-order valence-corrected chi connectivity index (χ1v) is 21.6. The smallest absolute Gasteiger partial charge is 0.349 e. The van der Waals surface area contributed by atoms with Crippen molar-refractivity contribution >= 4 is 17.9 Å². The van der Waals surface area contributed by atoms with Crippen molar-refractivity contribution in [2.24, 2.45) is 5.92 Å². The van der Waals surface area contributed by atoms with Crippen molar-refractivity contribution in [2.45, 2.75) is 95.4 Å². The summed E-state index contributed by atoms with van der Waals surface area (Å²) in [6.07, 6.45) is 2.24. The predicted molar refractivity (Wildman–Crippen MR) is 220 cm³/mol. The summed E-state index contributed by atoms with van der Waals surface area (Å²) in [5, 5.41) is 93.5. The van der Waals surface area contributed by atoms with Gasteiger partial charge >= 0.3 is 17.9 Å². The lowest BCUT2D eigenvalue weighted by Gasteiger charge is -2.30. The van der Waals surface area contributed by atoms with Crippen LogP contribution in [0.2, 0.25) is 0 Å². The molecule has 0 aromatic heterocycles. The Morgan fingerprint density at radius 1 is 0.469 bits per heavy atom. The minimum absolute atomic E-state index is 0.00858. The number of nitriles is 6. The molecule has 3 N–H and O–H groups in total. The van der Waals surface area contributed by atoms with Crippen molar-refractivity contribution in [1.82, 2.24) is 14.7 Å². The fourth-order valence-corrected chi connectivity index (χ4v) is 9.28. The van der Waals surface area contributed by atoms with Gasteiger partial charge in [-0.3, -0.25) is 0 Å². The minimum atomic E-state index is -1.20. The van der Waals surface area contributed by atoms with E-state index in [9.17, 15) is 61.3 Å². The quantitative estimate of drug-likeness (QED) is 0.110. The van der Waals surface area contributed by atoms with E-state index in [0.29, 0.717) is 56.4 Å². The molecular formula is C46H49N9O9. The van der Waals surface area contributed by atoms with Crippen molar-refractivity contribution in [2.75, 3.05) is 59.1 Å². The molecule has 0 aromatic carbocycles. The van der Waals surface area contributed by atoms with Crippen molar-refractivity contribution in [3.8, 4) is 36.4 Å². The van der Waals surface area contributed by atoms with Crippen LogP contribution in [-0.2, 0) is 28.6 Å². The van der Waals surface area contributed by atoms with Crippen LogP contribution in [0.5, 0.6) is 0 Å². The molecule has 3 heterocycles. The Morgan fingerprint density at radius 3 is 0.938 bits per heavy atom. The predicted octanol–water partition coefficient (Wildman–Crippen LogP) is 2.78. The highest BCUT2D eigenvalue weighted by molar-refractivity contribution is 5.96. The molecule has 3 aliphatic heterocycles. The van der Waals surface area contributed by atoms with E-state index in [2.05, 4.69) is 18.2 Å². The van der Waals surface area contributed by atoms with Crippen LogP contribution in [0.3, 0.4) is 0 Å². The number of aliphatic hydroxyl groups is 3. The number of rotatable bonds is 12. The first-order valence-electron chi connectivity index (χ1n) is 21.6. The zero-order chi connectivity index (χ0) is 45.9. The van der Waals surface area contributed by atoms with E-state index < -0.39 is 78.7 Å². The number of carbonyl (C=O) groups is 3. The zero-order valence-corrected chi connectivity index (χ0v) is 35.5. The van der Waals surface area contributed by atoms with Crippen LogP contribution in [0.1, 0.15) is 77.0 Å². The number of hydrogen-bond acceptors (Lipinski definition) is 18. The molecule has 0 saturated carbocycles. The van der Waals surface area contributed by atoms with E-state index in [1.54, 1.807) is 0 Å². The monoisotopic (exact) mass is 871 g/mol. The summed E-state index contributed by atoms with van der Waals surface area (Å²) in [6.45, 7) is 1.86. The van der Waals surface area contributed by atoms with Crippen LogP contribution < -0.4 is 0 Å². The molecule has 3 atom stereocenters. The molecular weight excluding hydrogens is 823 g/mol. The lowest BCUT2D eigenvalue weighted by molar-refractivity contribution is -0.148. The average molecular weight is 872 g/mol. The largest absolute Gasteiger partial charge is 0.461 e. The maximum absolute atomic E-state index is 13.7. The van der Waals surface area contributed by atoms with Gasteiger partial charge in [-0.15, -0.1) is 0 Å². The molecule has 332 valence electrons. The molecule has 3 saturated heterocycles. The van der Waals surface area contributed by atoms with Gasteiger partial charge in [0, 0.05) is 94.9 Å². The van der Waals surface area contributed by atoms with E-state index in [1.807, 2.05) is 32.9 Å². The van der Waals surface area contributed by atoms with Gasteiger partial charge in [-0.25, -0.2) is 14.4 Å². The molecule has 0 radical (unpaired) electrons. The molecule has 6 aliphatic rings. The summed E-state index contributed by atoms with van der Waals surface area (Å²) >= 11 is 0. The number of carbonyl (C=O) groups excluding carboxylic acids is 3. The van der Waals surface area contributed by atoms with E-state index >= 15 is 0 Å². The first-order chi connectivity index (χ1) is 31.0. The van der Waals surface area contributed by atoms with Gasteiger partial charge in [0.1, 0.15) is 73.0 Å². The van der Waals surface area contributed by atoms with Gasteiger partial charge in [-0.2, -0.15) is 31.6 Å². The maximum Gasteiger partial charge on any atom is 0.349 e. The highest BCUT2D eigenvalue weighted by atomic mass is 16.6. The van der Waals surface area contributed by atoms with Gasteiger partial charge in [0.2, 0.25) is 0 Å². The molecule has 6 rings (SSSR count). The fourth-order valence-electron chi connectivity index (χ4n) is 9.28. The van der Waals surface area contributed by atoms with Crippen LogP contribution in [0.4, 0.5) is 0 Å². The third kappa shape index (κ3) is 10.3. The normalized spacial score (nSPS) is 25.3. The van der Waals surface area contributed by atoms with Crippen LogP contribution in [0, 0.1) is 73.9 Å². The van der Waals surface area contributed by atoms with Crippen molar-refractivity contribution in [3.63, 3.8) is 0 Å². The second-order valence-electron chi connectivity index (χ2n) is 16.6. The Labute approximate surface area is 371 Å². The van der Waals surface area contributed by atoms with Crippen molar-refractivity contribution < 1.29 is 43.9 Å². The van der Waals surface area contributed by atoms with E-state index in [4.69, 9.17) is 14.2 Å². The number of aliphatic hydroxyl groups excluding tert-OH is 3. The molecule has 0 amide bonds. The molecule has 3 unspecified atom stereocenters. The van der Waals surface area contributed by atoms with Crippen LogP contribution in [0.15, 0.2) is 67.2 Å². The van der Waals surface area contributed by atoms with E-state index in [0.717, 1.165) is 38.5 Å². The van der Waals surface area contributed by atoms with Crippen LogP contribution in [0.25, 0.3) is 0 Å². The number of likely N-dealkylation sites (tertiary alicyclic amines) is 3. The molecule has 18 nitrogen and oxygen atoms in total. The van der Waals surface area contributed by atoms with Crippen LogP contribution in [-0.4, -0.2) is 125 Å². The molecule has 3 aliphatic carbocycles. The van der Waals surface area contributed by atoms with Gasteiger partial charge in [-0.1, -0.05) is 0 Å². The van der Waals surface area contributed by atoms with Crippen LogP contribution >= 0.6 is 0 Å². The number of allylic oxidation sites excluding steroid dienone is 3. The Balaban J connectivity index is 1.28. The summed E-state index contributed by atoms with van der Waals surface area (Å²) in [6, 6.07) is 11.7. The number of hydrogen-bond donors (Lipinski definition) is 3. The molecule has 0 bridgehead atoms. The van der Waals surface area contributed by atoms with E-state index in [-0.39, 0.29) is 72.0 Å². The Bertz CT molecular complexity index is 2110. The molecule has 0 aromatic rings. The number of esters is 3. The maximum atomic E-state index is 13.7. The van der Waals surface area contributed by atoms with Gasteiger partial charge in [0.15, 0.2) is 0 Å². The Kier molecular flexibility index (Phi) is 15.6. The van der Waals surface area contributed by atoms with Crippen molar-refractivity contribution in [3.05, 3.63) is 67.2 Å². The van der Waals surface area contributed by atoms with E-state index in [1.165, 1.54) is 0 Å². The topological polar surface area (TPSA) is 292 Å². The summed E-state index contributed by atoms with van der Waals surface area (Å²) in [5.74, 6) is -4.73. The second-order valence-corrected chi connectivity index (χ2v) is 16.6. The van der Waals surface area contributed by atoms with Gasteiger partial charge in [0.25, 0.3) is 0 Å². The second kappa shape index (κ2) is 21.4. The first kappa shape index (κ1) is 46.6. The van der Waals surface area contributed by atoms with Gasteiger partial charge in [-0.05, 0) is 55.2 Å². The highest BCUT2D eigenvalue weighted by Gasteiger charge is 2.36. The van der Waals surface area contributed by atoms with Gasteiger partial charge < -0.3 is 44.2 Å². The summed E-state index contributed by atoms with van der Waals surface area (Å²) in [4.78, 5) is 46.9. The Hall–Kier alpha value is -6.93. The third-order valence-electron chi connectivity index (χ3n) is 12.4. The standard InChI is InChI=1S/C46H49N9O9/c47-19-35-32(13-29(56)16-41(35)53-7-1-2-8-53)38(22-50)44(59)62-25-28(26-63-45(60)39(23-51)33-14-30(57)17-42(36(33)20-48)54-9-3-4-10-54)27-64-46(61)40(24-52)34-15-31(58)18-43(37(34)21-49)55-11-5-6-12-55/h28-31,56-58H,1-18,25-27H2/b38-32+,39-33+,40-34+.